The molecule has 0 amide bonds. The Balaban J connectivity index is 0. The van der Waals surface area contributed by atoms with Crippen molar-refractivity contribution in [3.63, 3.8) is 0 Å². The fourth-order valence-corrected chi connectivity index (χ4v) is 0.264. The van der Waals surface area contributed by atoms with Gasteiger partial charge >= 0.3 is 0 Å². The minimum absolute atomic E-state index is 0.0900. The molecule has 10 heavy (non-hydrogen) atoms. The summed E-state index contributed by atoms with van der Waals surface area (Å²) in [5.41, 5.74) is 0. The van der Waals surface area contributed by atoms with Crippen LogP contribution in [0.5, 0.6) is 0 Å². The maximum absolute atomic E-state index is 9.00. The number of allylic oxidation sites excluding steroid dienone is 1. The average Bonchev–Trinajstić information content (AvgIpc) is 1.82. The molecule has 0 heterocycles. The Hall–Kier alpha value is -0.540. The van der Waals surface area contributed by atoms with Gasteiger partial charge in [-0.1, -0.05) is 12.2 Å². The van der Waals surface area contributed by atoms with Crippen LogP contribution < -0.4 is 0 Å². The summed E-state index contributed by atoms with van der Waals surface area (Å²) in [5.74, 6) is -0.347. The molecule has 0 aromatic heterocycles. The van der Waals surface area contributed by atoms with Gasteiger partial charge in [-0.25, -0.2) is 0 Å². The summed E-state index contributed by atoms with van der Waals surface area (Å²) >= 11 is 5.18. The summed E-state index contributed by atoms with van der Waals surface area (Å²) in [7, 11) is 0. The van der Waals surface area contributed by atoms with Crippen LogP contribution in [0.2, 0.25) is 0 Å². The molecule has 0 saturated carbocycles. The van der Waals surface area contributed by atoms with Gasteiger partial charge in [0, 0.05) is 12.8 Å². The zero-order chi connectivity index (χ0) is 8.41. The highest BCUT2D eigenvalue weighted by molar-refractivity contribution is 6.18. The number of rotatable bonds is 2. The molecular formula is C6H11ClO3. The van der Waals surface area contributed by atoms with Gasteiger partial charge in [-0.05, 0) is 0 Å². The van der Waals surface area contributed by atoms with Crippen LogP contribution in [0.25, 0.3) is 0 Å². The van der Waals surface area contributed by atoms with Crippen molar-refractivity contribution in [3.8, 4) is 0 Å². The second-order valence-electron chi connectivity index (χ2n) is 1.33. The molecule has 0 saturated heterocycles. The van der Waals surface area contributed by atoms with Crippen LogP contribution in [-0.2, 0) is 4.79 Å². The molecule has 2 N–H and O–H groups in total. The van der Waals surface area contributed by atoms with E-state index in [2.05, 4.69) is 0 Å². The lowest BCUT2D eigenvalue weighted by Gasteiger charge is -1.71. The van der Waals surface area contributed by atoms with E-state index in [1.165, 1.54) is 0 Å². The molecule has 0 aliphatic carbocycles. The van der Waals surface area contributed by atoms with Crippen LogP contribution in [0.15, 0.2) is 12.2 Å². The Bertz CT molecular complexity index is 91.2. The molecule has 0 fully saturated rings. The molecule has 0 radical (unpaired) electrons. The molecule has 0 aromatic carbocycles. The van der Waals surface area contributed by atoms with Crippen LogP contribution in [-0.4, -0.2) is 28.7 Å². The van der Waals surface area contributed by atoms with E-state index in [1.54, 1.807) is 12.2 Å². The number of carbonyl (C=O) groups is 1. The molecule has 0 atom stereocenters. The van der Waals surface area contributed by atoms with Crippen molar-refractivity contribution in [2.45, 2.75) is 6.92 Å². The van der Waals surface area contributed by atoms with Crippen LogP contribution in [0.4, 0.5) is 0 Å². The van der Waals surface area contributed by atoms with Crippen molar-refractivity contribution >= 4 is 17.6 Å². The van der Waals surface area contributed by atoms with Gasteiger partial charge < -0.3 is 10.2 Å². The van der Waals surface area contributed by atoms with Crippen molar-refractivity contribution in [1.82, 2.24) is 0 Å². The fraction of sp³-hybridized carbons (Fsp3) is 0.500. The van der Waals surface area contributed by atoms with Gasteiger partial charge in [0.05, 0.1) is 6.61 Å². The molecule has 60 valence electrons. The fourth-order valence-electron chi connectivity index (χ4n) is 0.138. The van der Waals surface area contributed by atoms with Crippen LogP contribution in [0.1, 0.15) is 6.92 Å². The van der Waals surface area contributed by atoms with Gasteiger partial charge in [0.2, 0.25) is 0 Å². The molecule has 0 aromatic rings. The van der Waals surface area contributed by atoms with Crippen molar-refractivity contribution < 1.29 is 15.0 Å². The molecule has 3 nitrogen and oxygen atoms in total. The number of hydrogen-bond donors (Lipinski definition) is 2. The summed E-state index contributed by atoms with van der Waals surface area (Å²) < 4.78 is 0. The van der Waals surface area contributed by atoms with Crippen LogP contribution >= 0.6 is 11.6 Å². The van der Waals surface area contributed by atoms with Crippen LogP contribution in [0, 0.1) is 0 Å². The standard InChI is InChI=1S/C4H7ClO.C2H4O2/c5-3-1-2-4-6;1-2(3)4/h1-2,6H,3-4H2;1H3,(H,3,4)/b2-1+;. The molecule has 0 rings (SSSR count). The molecule has 0 aliphatic rings. The summed E-state index contributed by atoms with van der Waals surface area (Å²) in [6, 6.07) is 0. The largest absolute Gasteiger partial charge is 0.481 e. The van der Waals surface area contributed by atoms with Crippen LogP contribution in [0.3, 0.4) is 0 Å². The Morgan fingerprint density at radius 1 is 1.60 bits per heavy atom. The third-order valence-electron chi connectivity index (χ3n) is 0.361. The lowest BCUT2D eigenvalue weighted by molar-refractivity contribution is -0.134. The van der Waals surface area contributed by atoms with Gasteiger partial charge in [0.1, 0.15) is 0 Å². The first-order valence-electron chi connectivity index (χ1n) is 2.66. The van der Waals surface area contributed by atoms with Crippen molar-refractivity contribution in [2.24, 2.45) is 0 Å². The molecule has 0 bridgehead atoms. The first-order valence-corrected chi connectivity index (χ1v) is 3.20. The summed E-state index contributed by atoms with van der Waals surface area (Å²) in [6.45, 7) is 1.17. The minimum atomic E-state index is -0.833. The Morgan fingerprint density at radius 2 is 2.00 bits per heavy atom. The Kier molecular flexibility index (Phi) is 13.7. The molecular weight excluding hydrogens is 156 g/mol. The first kappa shape index (κ1) is 12.2. The quantitative estimate of drug-likeness (QED) is 0.473. The maximum Gasteiger partial charge on any atom is 0.300 e. The van der Waals surface area contributed by atoms with Gasteiger partial charge in [0.15, 0.2) is 0 Å². The average molecular weight is 167 g/mol. The third kappa shape index (κ3) is 51.4. The van der Waals surface area contributed by atoms with E-state index in [-0.39, 0.29) is 6.61 Å². The minimum Gasteiger partial charge on any atom is -0.481 e. The first-order chi connectivity index (χ1) is 4.65. The van der Waals surface area contributed by atoms with E-state index in [9.17, 15) is 0 Å². The summed E-state index contributed by atoms with van der Waals surface area (Å²) in [5, 5.41) is 15.5. The lowest BCUT2D eigenvalue weighted by Crippen LogP contribution is -1.78. The molecule has 0 aliphatic heterocycles. The molecule has 0 spiro atoms. The van der Waals surface area contributed by atoms with Crippen molar-refractivity contribution in [2.75, 3.05) is 12.5 Å². The predicted molar refractivity (Wildman–Crippen MR) is 40.3 cm³/mol. The van der Waals surface area contributed by atoms with Gasteiger partial charge in [-0.2, -0.15) is 0 Å². The smallest absolute Gasteiger partial charge is 0.300 e. The van der Waals surface area contributed by atoms with Crippen molar-refractivity contribution in [3.05, 3.63) is 12.2 Å². The SMILES string of the molecule is CC(=O)O.OC/C=C/CCl. The molecule has 0 unspecified atom stereocenters. The van der Waals surface area contributed by atoms with E-state index in [0.29, 0.717) is 5.88 Å². The lowest BCUT2D eigenvalue weighted by atomic mass is 10.6. The number of carboxylic acids is 1. The second kappa shape index (κ2) is 11.3. The number of halogens is 1. The van der Waals surface area contributed by atoms with Gasteiger partial charge in [0.25, 0.3) is 5.97 Å². The van der Waals surface area contributed by atoms with E-state index in [4.69, 9.17) is 26.6 Å². The van der Waals surface area contributed by atoms with E-state index < -0.39 is 5.97 Å². The Morgan fingerprint density at radius 3 is 2.10 bits per heavy atom. The van der Waals surface area contributed by atoms with Crippen molar-refractivity contribution in [1.29, 1.82) is 0 Å². The molecule has 4 heteroatoms. The highest BCUT2D eigenvalue weighted by atomic mass is 35.5. The topological polar surface area (TPSA) is 57.5 Å². The zero-order valence-electron chi connectivity index (χ0n) is 5.75. The second-order valence-corrected chi connectivity index (χ2v) is 1.64. The summed E-state index contributed by atoms with van der Waals surface area (Å²) in [6.07, 6.45) is 3.30. The number of aliphatic hydroxyl groups is 1. The number of alkyl halides is 1. The van der Waals surface area contributed by atoms with Gasteiger partial charge in [-0.3, -0.25) is 4.79 Å². The highest BCUT2D eigenvalue weighted by Gasteiger charge is 1.65. The monoisotopic (exact) mass is 166 g/mol. The predicted octanol–water partition coefficient (Wildman–Crippen LogP) is 0.865. The van der Waals surface area contributed by atoms with Gasteiger partial charge in [-0.15, -0.1) is 11.6 Å². The van der Waals surface area contributed by atoms with E-state index >= 15 is 0 Å². The van der Waals surface area contributed by atoms with E-state index in [0.717, 1.165) is 6.92 Å². The normalized spacial score (nSPS) is 8.70. The number of hydrogen-bond acceptors (Lipinski definition) is 2. The zero-order valence-corrected chi connectivity index (χ0v) is 6.51. The highest BCUT2D eigenvalue weighted by Crippen LogP contribution is 1.74. The maximum atomic E-state index is 9.00. The number of aliphatic hydroxyl groups excluding tert-OH is 1. The Labute approximate surface area is 64.9 Å². The number of aliphatic carboxylic acids is 1. The summed E-state index contributed by atoms with van der Waals surface area (Å²) in [4.78, 5) is 9.00. The van der Waals surface area contributed by atoms with E-state index in [1.807, 2.05) is 0 Å². The number of carboxylic acid groups (broad SMARTS) is 1. The third-order valence-corrected chi connectivity index (χ3v) is 0.539.